The minimum Gasteiger partial charge on any atom is -0.304 e. The van der Waals surface area contributed by atoms with Crippen LogP contribution in [0.2, 0.25) is 0 Å². The van der Waals surface area contributed by atoms with Crippen molar-refractivity contribution in [3.63, 3.8) is 0 Å². The molecule has 2 rings (SSSR count). The molecular weight excluding hydrogens is 254 g/mol. The van der Waals surface area contributed by atoms with Crippen LogP contribution >= 0.6 is 11.3 Å². The molecule has 1 unspecified atom stereocenters. The molecule has 0 saturated carbocycles. The molecule has 1 atom stereocenters. The van der Waals surface area contributed by atoms with Gasteiger partial charge in [-0.1, -0.05) is 13.8 Å². The van der Waals surface area contributed by atoms with Crippen LogP contribution in [0.1, 0.15) is 48.1 Å². The Hall–Kier alpha value is -1.13. The molecule has 0 aliphatic heterocycles. The lowest BCUT2D eigenvalue weighted by atomic mass is 10.1. The zero-order valence-corrected chi connectivity index (χ0v) is 13.0. The second-order valence-electron chi connectivity index (χ2n) is 4.89. The number of nitrogens with one attached hydrogen (secondary N) is 1. The molecule has 4 heteroatoms. The average molecular weight is 277 g/mol. The minimum absolute atomic E-state index is 0.262. The van der Waals surface area contributed by atoms with Crippen LogP contribution in [-0.4, -0.2) is 16.3 Å². The van der Waals surface area contributed by atoms with Crippen molar-refractivity contribution in [2.75, 3.05) is 6.54 Å². The first kappa shape index (κ1) is 14.3. The molecule has 104 valence electrons. The highest BCUT2D eigenvalue weighted by Crippen LogP contribution is 2.29. The second kappa shape index (κ2) is 6.35. The van der Waals surface area contributed by atoms with Gasteiger partial charge in [0, 0.05) is 11.9 Å². The first-order valence-corrected chi connectivity index (χ1v) is 7.85. The molecule has 0 radical (unpaired) electrons. The number of rotatable bonds is 6. The number of thiophene rings is 1. The van der Waals surface area contributed by atoms with Crippen LogP contribution in [-0.2, 0) is 13.5 Å². The van der Waals surface area contributed by atoms with E-state index in [1.807, 2.05) is 23.1 Å². The van der Waals surface area contributed by atoms with Crippen molar-refractivity contribution in [2.45, 2.75) is 39.7 Å². The van der Waals surface area contributed by atoms with E-state index in [1.165, 1.54) is 16.1 Å². The lowest BCUT2D eigenvalue weighted by Crippen LogP contribution is -2.25. The maximum Gasteiger partial charge on any atom is 0.0844 e. The van der Waals surface area contributed by atoms with Crippen LogP contribution in [0, 0.1) is 6.92 Å². The third-order valence-electron chi connectivity index (χ3n) is 3.39. The number of aromatic nitrogens is 2. The van der Waals surface area contributed by atoms with E-state index in [0.29, 0.717) is 0 Å². The Morgan fingerprint density at radius 3 is 2.74 bits per heavy atom. The van der Waals surface area contributed by atoms with Crippen LogP contribution in [0.3, 0.4) is 0 Å². The van der Waals surface area contributed by atoms with Gasteiger partial charge in [0.1, 0.15) is 0 Å². The Labute approximate surface area is 119 Å². The number of hydrogen-bond acceptors (Lipinski definition) is 3. The van der Waals surface area contributed by atoms with Gasteiger partial charge in [-0.05, 0) is 49.4 Å². The molecular formula is C15H23N3S. The first-order valence-electron chi connectivity index (χ1n) is 6.97. The molecule has 0 bridgehead atoms. The van der Waals surface area contributed by atoms with Gasteiger partial charge in [-0.25, -0.2) is 0 Å². The highest BCUT2D eigenvalue weighted by Gasteiger charge is 2.20. The summed E-state index contributed by atoms with van der Waals surface area (Å²) in [5.41, 5.74) is 3.78. The summed E-state index contributed by atoms with van der Waals surface area (Å²) in [5.74, 6) is 0. The normalized spacial score (nSPS) is 12.8. The third-order valence-corrected chi connectivity index (χ3v) is 4.47. The van der Waals surface area contributed by atoms with Crippen LogP contribution in [0.4, 0.5) is 0 Å². The van der Waals surface area contributed by atoms with Gasteiger partial charge in [-0.15, -0.1) is 11.3 Å². The Bertz CT molecular complexity index is 527. The lowest BCUT2D eigenvalue weighted by molar-refractivity contribution is 0.557. The summed E-state index contributed by atoms with van der Waals surface area (Å²) in [7, 11) is 2.04. The van der Waals surface area contributed by atoms with Gasteiger partial charge < -0.3 is 5.32 Å². The maximum atomic E-state index is 4.58. The smallest absolute Gasteiger partial charge is 0.0844 e. The average Bonchev–Trinajstić information content (AvgIpc) is 2.98. The predicted molar refractivity (Wildman–Crippen MR) is 81.8 cm³/mol. The summed E-state index contributed by atoms with van der Waals surface area (Å²) in [6.45, 7) is 7.56. The van der Waals surface area contributed by atoms with Crippen molar-refractivity contribution in [3.05, 3.63) is 39.3 Å². The number of hydrogen-bond donors (Lipinski definition) is 1. The summed E-state index contributed by atoms with van der Waals surface area (Å²) in [6, 6.07) is 4.68. The fraction of sp³-hybridized carbons (Fsp3) is 0.533. The largest absolute Gasteiger partial charge is 0.304 e. The van der Waals surface area contributed by atoms with Crippen LogP contribution in [0.5, 0.6) is 0 Å². The SMILES string of the molecule is CCCNC(c1sccc1C)c1cc(CC)nn1C. The molecule has 0 amide bonds. The summed E-state index contributed by atoms with van der Waals surface area (Å²) in [6.07, 6.45) is 2.12. The van der Waals surface area contributed by atoms with Gasteiger partial charge in [0.2, 0.25) is 0 Å². The van der Waals surface area contributed by atoms with Crippen LogP contribution < -0.4 is 5.32 Å². The lowest BCUT2D eigenvalue weighted by Gasteiger charge is -2.18. The zero-order chi connectivity index (χ0) is 13.8. The van der Waals surface area contributed by atoms with E-state index in [9.17, 15) is 0 Å². The molecule has 0 fully saturated rings. The van der Waals surface area contributed by atoms with Crippen LogP contribution in [0.15, 0.2) is 17.5 Å². The van der Waals surface area contributed by atoms with Crippen molar-refractivity contribution >= 4 is 11.3 Å². The van der Waals surface area contributed by atoms with Crippen molar-refractivity contribution in [1.82, 2.24) is 15.1 Å². The maximum absolute atomic E-state index is 4.58. The van der Waals surface area contributed by atoms with Crippen LogP contribution in [0.25, 0.3) is 0 Å². The van der Waals surface area contributed by atoms with E-state index >= 15 is 0 Å². The van der Waals surface area contributed by atoms with Crippen molar-refractivity contribution in [1.29, 1.82) is 0 Å². The molecule has 2 heterocycles. The Morgan fingerprint density at radius 2 is 2.21 bits per heavy atom. The third kappa shape index (κ3) is 3.07. The molecule has 1 N–H and O–H groups in total. The fourth-order valence-electron chi connectivity index (χ4n) is 2.29. The van der Waals surface area contributed by atoms with Gasteiger partial charge in [0.15, 0.2) is 0 Å². The zero-order valence-electron chi connectivity index (χ0n) is 12.2. The summed E-state index contributed by atoms with van der Waals surface area (Å²) < 4.78 is 2.02. The topological polar surface area (TPSA) is 29.9 Å². The van der Waals surface area contributed by atoms with Gasteiger partial charge in [0.25, 0.3) is 0 Å². The molecule has 0 aromatic carbocycles. The van der Waals surface area contributed by atoms with Gasteiger partial charge >= 0.3 is 0 Å². The number of aryl methyl sites for hydroxylation is 3. The second-order valence-corrected chi connectivity index (χ2v) is 5.84. The van der Waals surface area contributed by atoms with Gasteiger partial charge in [0.05, 0.1) is 17.4 Å². The van der Waals surface area contributed by atoms with E-state index in [-0.39, 0.29) is 6.04 Å². The van der Waals surface area contributed by atoms with E-state index < -0.39 is 0 Å². The quantitative estimate of drug-likeness (QED) is 0.876. The Kier molecular flexibility index (Phi) is 4.77. The van der Waals surface area contributed by atoms with E-state index in [2.05, 4.69) is 48.7 Å². The monoisotopic (exact) mass is 277 g/mol. The van der Waals surface area contributed by atoms with Crippen molar-refractivity contribution in [2.24, 2.45) is 7.05 Å². The van der Waals surface area contributed by atoms with E-state index in [4.69, 9.17) is 0 Å². The summed E-state index contributed by atoms with van der Waals surface area (Å²) >= 11 is 1.82. The number of nitrogens with zero attached hydrogens (tertiary/aromatic N) is 2. The Balaban J connectivity index is 2.36. The minimum atomic E-state index is 0.262. The van der Waals surface area contributed by atoms with Gasteiger partial charge in [-0.3, -0.25) is 4.68 Å². The first-order chi connectivity index (χ1) is 9.17. The highest BCUT2D eigenvalue weighted by molar-refractivity contribution is 7.10. The van der Waals surface area contributed by atoms with E-state index in [1.54, 1.807) is 0 Å². The predicted octanol–water partition coefficient (Wildman–Crippen LogP) is 3.44. The van der Waals surface area contributed by atoms with E-state index in [0.717, 1.165) is 25.1 Å². The molecule has 3 nitrogen and oxygen atoms in total. The molecule has 2 aromatic heterocycles. The highest BCUT2D eigenvalue weighted by atomic mass is 32.1. The molecule has 0 aliphatic rings. The summed E-state index contributed by atoms with van der Waals surface area (Å²) in [4.78, 5) is 1.40. The fourth-order valence-corrected chi connectivity index (χ4v) is 3.30. The molecule has 0 aliphatic carbocycles. The van der Waals surface area contributed by atoms with Crippen molar-refractivity contribution in [3.8, 4) is 0 Å². The Morgan fingerprint density at radius 1 is 1.42 bits per heavy atom. The molecule has 0 spiro atoms. The van der Waals surface area contributed by atoms with Gasteiger partial charge in [-0.2, -0.15) is 5.10 Å². The molecule has 19 heavy (non-hydrogen) atoms. The van der Waals surface area contributed by atoms with Crippen molar-refractivity contribution < 1.29 is 0 Å². The standard InChI is InChI=1S/C15H23N3S/c1-5-8-16-14(15-11(3)7-9-19-15)13-10-12(6-2)17-18(13)4/h7,9-10,14,16H,5-6,8H2,1-4H3. The molecule has 2 aromatic rings. The summed E-state index contributed by atoms with van der Waals surface area (Å²) in [5, 5.41) is 10.4. The molecule has 0 saturated heterocycles.